The van der Waals surface area contributed by atoms with Crippen molar-refractivity contribution in [1.82, 2.24) is 4.72 Å². The van der Waals surface area contributed by atoms with Gasteiger partial charge < -0.3 is 9.47 Å². The zero-order valence-electron chi connectivity index (χ0n) is 12.2. The van der Waals surface area contributed by atoms with E-state index in [1.165, 1.54) is 26.4 Å². The monoisotopic (exact) mass is 325 g/mol. The topological polar surface area (TPSA) is 64.6 Å². The first-order chi connectivity index (χ1) is 10.5. The second-order valence-electron chi connectivity index (χ2n) is 4.42. The summed E-state index contributed by atoms with van der Waals surface area (Å²) in [6.07, 6.45) is 0. The summed E-state index contributed by atoms with van der Waals surface area (Å²) < 4.78 is 50.1. The lowest BCUT2D eigenvalue weighted by Crippen LogP contribution is -2.23. The number of benzene rings is 2. The minimum atomic E-state index is -3.75. The molecule has 118 valence electrons. The molecule has 0 unspecified atom stereocenters. The maximum Gasteiger partial charge on any atom is 0.240 e. The number of rotatable bonds is 6. The molecule has 0 bridgehead atoms. The fourth-order valence-corrected chi connectivity index (χ4v) is 2.96. The Balaban J connectivity index is 2.24. The maximum absolute atomic E-state index is 12.9. The van der Waals surface area contributed by atoms with Crippen LogP contribution in [-0.4, -0.2) is 22.6 Å². The van der Waals surface area contributed by atoms with Crippen LogP contribution < -0.4 is 14.2 Å². The summed E-state index contributed by atoms with van der Waals surface area (Å²) >= 11 is 0. The number of nitrogens with one attached hydrogen (secondary N) is 1. The lowest BCUT2D eigenvalue weighted by molar-refractivity contribution is 0.384. The molecule has 0 heterocycles. The van der Waals surface area contributed by atoms with E-state index in [0.717, 1.165) is 12.1 Å². The fraction of sp³-hybridized carbons (Fsp3) is 0.200. The molecule has 1 N–H and O–H groups in total. The number of hydrogen-bond donors (Lipinski definition) is 1. The molecule has 0 aliphatic carbocycles. The van der Waals surface area contributed by atoms with Gasteiger partial charge in [-0.05, 0) is 36.4 Å². The van der Waals surface area contributed by atoms with E-state index in [4.69, 9.17) is 9.47 Å². The summed E-state index contributed by atoms with van der Waals surface area (Å²) in [7, 11) is -0.767. The number of halogens is 1. The number of ether oxygens (including phenoxy) is 2. The Labute approximate surface area is 128 Å². The van der Waals surface area contributed by atoms with Gasteiger partial charge in [0.1, 0.15) is 17.3 Å². The van der Waals surface area contributed by atoms with Gasteiger partial charge in [-0.25, -0.2) is 17.5 Å². The van der Waals surface area contributed by atoms with E-state index in [-0.39, 0.29) is 11.4 Å². The zero-order chi connectivity index (χ0) is 16.2. The summed E-state index contributed by atoms with van der Waals surface area (Å²) in [4.78, 5) is -0.0113. The van der Waals surface area contributed by atoms with Crippen LogP contribution in [0.1, 0.15) is 5.56 Å². The second kappa shape index (κ2) is 6.76. The van der Waals surface area contributed by atoms with Crippen molar-refractivity contribution in [2.24, 2.45) is 0 Å². The van der Waals surface area contributed by atoms with Crippen molar-refractivity contribution < 1.29 is 22.3 Å². The van der Waals surface area contributed by atoms with Gasteiger partial charge in [-0.1, -0.05) is 6.07 Å². The molecule has 2 aromatic carbocycles. The van der Waals surface area contributed by atoms with Gasteiger partial charge in [0.15, 0.2) is 0 Å². The Morgan fingerprint density at radius 1 is 1.00 bits per heavy atom. The van der Waals surface area contributed by atoms with Gasteiger partial charge in [-0.15, -0.1) is 0 Å². The lowest BCUT2D eigenvalue weighted by atomic mass is 10.2. The summed E-state index contributed by atoms with van der Waals surface area (Å²) in [6, 6.07) is 9.77. The summed E-state index contributed by atoms with van der Waals surface area (Å²) in [5, 5.41) is 0. The smallest absolute Gasteiger partial charge is 0.240 e. The normalized spacial score (nSPS) is 11.2. The van der Waals surface area contributed by atoms with Gasteiger partial charge in [0.25, 0.3) is 0 Å². The Morgan fingerprint density at radius 3 is 2.05 bits per heavy atom. The third-order valence-corrected chi connectivity index (χ3v) is 4.51. The first kappa shape index (κ1) is 16.3. The van der Waals surface area contributed by atoms with Crippen molar-refractivity contribution in [3.05, 3.63) is 53.8 Å². The molecule has 7 heteroatoms. The Bertz CT molecular complexity index is 722. The van der Waals surface area contributed by atoms with E-state index in [1.54, 1.807) is 18.2 Å². The largest absolute Gasteiger partial charge is 0.496 e. The predicted molar refractivity (Wildman–Crippen MR) is 80.0 cm³/mol. The van der Waals surface area contributed by atoms with E-state index >= 15 is 0 Å². The molecule has 0 spiro atoms. The highest BCUT2D eigenvalue weighted by molar-refractivity contribution is 7.89. The molecule has 0 atom stereocenters. The van der Waals surface area contributed by atoms with Crippen LogP contribution in [0.4, 0.5) is 4.39 Å². The van der Waals surface area contributed by atoms with Crippen LogP contribution in [0.3, 0.4) is 0 Å². The first-order valence-electron chi connectivity index (χ1n) is 6.43. The van der Waals surface area contributed by atoms with Crippen LogP contribution in [0.25, 0.3) is 0 Å². The number of sulfonamides is 1. The molecule has 0 aliphatic rings. The van der Waals surface area contributed by atoms with Crippen molar-refractivity contribution in [1.29, 1.82) is 0 Å². The fourth-order valence-electron chi connectivity index (χ4n) is 1.97. The molecule has 0 aromatic heterocycles. The van der Waals surface area contributed by atoms with Crippen LogP contribution >= 0.6 is 0 Å². The summed E-state index contributed by atoms with van der Waals surface area (Å²) in [6.45, 7) is -0.00705. The molecule has 2 rings (SSSR count). The standard InChI is InChI=1S/C15H16FNO4S/c1-20-14-4-3-5-15(21-2)13(14)10-17-22(18,19)12-8-6-11(16)7-9-12/h3-9,17H,10H2,1-2H3. The Hall–Kier alpha value is -2.12. The maximum atomic E-state index is 12.9. The molecule has 2 aromatic rings. The van der Waals surface area contributed by atoms with Gasteiger partial charge in [0.2, 0.25) is 10.0 Å². The van der Waals surface area contributed by atoms with E-state index in [0.29, 0.717) is 17.1 Å². The highest BCUT2D eigenvalue weighted by Crippen LogP contribution is 2.28. The van der Waals surface area contributed by atoms with E-state index in [2.05, 4.69) is 4.72 Å². The molecular formula is C15H16FNO4S. The summed E-state index contributed by atoms with van der Waals surface area (Å²) in [5.41, 5.74) is 0.582. The Morgan fingerprint density at radius 2 is 1.55 bits per heavy atom. The average Bonchev–Trinajstić information content (AvgIpc) is 2.53. The second-order valence-corrected chi connectivity index (χ2v) is 6.19. The molecule has 22 heavy (non-hydrogen) atoms. The van der Waals surface area contributed by atoms with Gasteiger partial charge in [0.05, 0.1) is 24.7 Å². The quantitative estimate of drug-likeness (QED) is 0.885. The van der Waals surface area contributed by atoms with Gasteiger partial charge in [-0.2, -0.15) is 0 Å². The van der Waals surface area contributed by atoms with Crippen molar-refractivity contribution in [2.75, 3.05) is 14.2 Å². The average molecular weight is 325 g/mol. The zero-order valence-corrected chi connectivity index (χ0v) is 13.0. The van der Waals surface area contributed by atoms with Crippen molar-refractivity contribution in [3.8, 4) is 11.5 Å². The molecular weight excluding hydrogens is 309 g/mol. The SMILES string of the molecule is COc1cccc(OC)c1CNS(=O)(=O)c1ccc(F)cc1. The molecule has 5 nitrogen and oxygen atoms in total. The van der Waals surface area contributed by atoms with Crippen molar-refractivity contribution in [3.63, 3.8) is 0 Å². The Kier molecular flexibility index (Phi) is 4.99. The van der Waals surface area contributed by atoms with Gasteiger partial charge in [0, 0.05) is 6.54 Å². The van der Waals surface area contributed by atoms with E-state index in [1.807, 2.05) is 0 Å². The van der Waals surface area contributed by atoms with Crippen molar-refractivity contribution in [2.45, 2.75) is 11.4 Å². The first-order valence-corrected chi connectivity index (χ1v) is 7.91. The van der Waals surface area contributed by atoms with Crippen LogP contribution in [0.15, 0.2) is 47.4 Å². The van der Waals surface area contributed by atoms with Crippen LogP contribution in [-0.2, 0) is 16.6 Å². The minimum absolute atomic E-state index is 0.00705. The van der Waals surface area contributed by atoms with Crippen LogP contribution in [0.2, 0.25) is 0 Å². The third kappa shape index (κ3) is 3.55. The van der Waals surface area contributed by atoms with E-state index < -0.39 is 15.8 Å². The molecule has 0 aliphatic heterocycles. The van der Waals surface area contributed by atoms with Crippen LogP contribution in [0, 0.1) is 5.82 Å². The minimum Gasteiger partial charge on any atom is -0.496 e. The predicted octanol–water partition coefficient (Wildman–Crippen LogP) is 2.32. The number of hydrogen-bond acceptors (Lipinski definition) is 4. The molecule has 0 fully saturated rings. The molecule has 0 saturated heterocycles. The molecule has 0 radical (unpaired) electrons. The molecule has 0 saturated carbocycles. The highest BCUT2D eigenvalue weighted by Gasteiger charge is 2.17. The molecule has 0 amide bonds. The third-order valence-electron chi connectivity index (χ3n) is 3.09. The van der Waals surface area contributed by atoms with E-state index in [9.17, 15) is 12.8 Å². The van der Waals surface area contributed by atoms with Crippen molar-refractivity contribution >= 4 is 10.0 Å². The lowest BCUT2D eigenvalue weighted by Gasteiger charge is -2.14. The highest BCUT2D eigenvalue weighted by atomic mass is 32.2. The van der Waals surface area contributed by atoms with Crippen LogP contribution in [0.5, 0.6) is 11.5 Å². The van der Waals surface area contributed by atoms with Gasteiger partial charge in [-0.3, -0.25) is 0 Å². The summed E-state index contributed by atoms with van der Waals surface area (Å²) in [5.74, 6) is 0.535. The van der Waals surface area contributed by atoms with Gasteiger partial charge >= 0.3 is 0 Å². The number of methoxy groups -OCH3 is 2.